The van der Waals surface area contributed by atoms with Crippen molar-refractivity contribution in [3.05, 3.63) is 126 Å². The second-order valence-corrected chi connectivity index (χ2v) is 7.91. The number of pyridine rings is 1. The molecule has 172 valence electrons. The van der Waals surface area contributed by atoms with Crippen molar-refractivity contribution in [3.8, 4) is 11.3 Å². The van der Waals surface area contributed by atoms with Gasteiger partial charge in [-0.2, -0.15) is 4.57 Å². The molecule has 0 saturated heterocycles. The Morgan fingerprint density at radius 2 is 1.09 bits per heavy atom. The van der Waals surface area contributed by atoms with Gasteiger partial charge in [-0.25, -0.2) is 0 Å². The van der Waals surface area contributed by atoms with Crippen molar-refractivity contribution < 1.29 is 4.57 Å². The van der Waals surface area contributed by atoms with Crippen LogP contribution in [0.15, 0.2) is 109 Å². The summed E-state index contributed by atoms with van der Waals surface area (Å²) in [5, 5.41) is 0. The van der Waals surface area contributed by atoms with Gasteiger partial charge in [0.05, 0.1) is 5.56 Å². The predicted molar refractivity (Wildman–Crippen MR) is 152 cm³/mol. The standard InChI is InChI=1S/C16H18.C12H10N.2CH5P/c1-13(2)16(14-9-5-3-6-10-14)15-11-7-4-8-12-15;1-2-6-11-10(5-1)9-13-8-4-3-7-12(11)13;2*1-2/h3-13,16H,1-2H3;1-8H,9H2;2*2H2,1H3/q;+1;;. The predicted octanol–water partition coefficient (Wildman–Crippen LogP) is 7.46. The van der Waals surface area contributed by atoms with Gasteiger partial charge in [0, 0.05) is 23.6 Å². The molecule has 1 nitrogen and oxygen atoms in total. The molecule has 5 rings (SSSR count). The van der Waals surface area contributed by atoms with Crippen molar-refractivity contribution in [3.63, 3.8) is 0 Å². The summed E-state index contributed by atoms with van der Waals surface area (Å²) >= 11 is 0. The van der Waals surface area contributed by atoms with Crippen LogP contribution in [0, 0.1) is 5.92 Å². The van der Waals surface area contributed by atoms with E-state index in [9.17, 15) is 0 Å². The molecule has 0 saturated carbocycles. The zero-order chi connectivity index (χ0) is 24.1. The van der Waals surface area contributed by atoms with Crippen LogP contribution in [-0.2, 0) is 6.54 Å². The Balaban J connectivity index is 0.000000206. The maximum atomic E-state index is 2.42. The molecular formula is C30H38NP2+. The first-order valence-corrected chi connectivity index (χ1v) is 13.9. The van der Waals surface area contributed by atoms with Crippen LogP contribution in [0.25, 0.3) is 11.3 Å². The highest BCUT2D eigenvalue weighted by atomic mass is 31.0. The zero-order valence-electron chi connectivity index (χ0n) is 20.4. The Morgan fingerprint density at radius 1 is 0.606 bits per heavy atom. The second-order valence-electron chi connectivity index (χ2n) is 7.91. The first kappa shape index (κ1) is 26.9. The topological polar surface area (TPSA) is 3.88 Å². The van der Waals surface area contributed by atoms with Crippen LogP contribution in [0.3, 0.4) is 0 Å². The van der Waals surface area contributed by atoms with Gasteiger partial charge < -0.3 is 0 Å². The van der Waals surface area contributed by atoms with E-state index in [0.717, 1.165) is 6.54 Å². The molecular weight excluding hydrogens is 436 g/mol. The van der Waals surface area contributed by atoms with Crippen LogP contribution in [-0.4, -0.2) is 13.3 Å². The molecule has 0 radical (unpaired) electrons. The summed E-state index contributed by atoms with van der Waals surface area (Å²) in [6.07, 6.45) is 2.13. The number of benzene rings is 3. The molecule has 3 aromatic carbocycles. The lowest BCUT2D eigenvalue weighted by atomic mass is 9.83. The van der Waals surface area contributed by atoms with E-state index < -0.39 is 0 Å². The molecule has 1 aliphatic rings. The van der Waals surface area contributed by atoms with Gasteiger partial charge >= 0.3 is 0 Å². The molecule has 1 aromatic heterocycles. The molecule has 2 atom stereocenters. The first-order chi connectivity index (χ1) is 16.2. The third kappa shape index (κ3) is 7.33. The molecule has 0 amide bonds. The lowest BCUT2D eigenvalue weighted by molar-refractivity contribution is -0.672. The van der Waals surface area contributed by atoms with E-state index in [4.69, 9.17) is 0 Å². The molecule has 33 heavy (non-hydrogen) atoms. The number of aromatic nitrogens is 1. The van der Waals surface area contributed by atoms with Crippen LogP contribution in [0.4, 0.5) is 0 Å². The monoisotopic (exact) mass is 474 g/mol. The molecule has 0 fully saturated rings. The summed E-state index contributed by atoms with van der Waals surface area (Å²) in [7, 11) is 4.83. The number of hydrogen-bond acceptors (Lipinski definition) is 0. The quantitative estimate of drug-likeness (QED) is 0.189. The third-order valence-corrected chi connectivity index (χ3v) is 5.56. The molecule has 2 heterocycles. The summed E-state index contributed by atoms with van der Waals surface area (Å²) in [5.41, 5.74) is 6.95. The van der Waals surface area contributed by atoms with E-state index in [1.165, 1.54) is 27.9 Å². The van der Waals surface area contributed by atoms with Gasteiger partial charge in [0.25, 0.3) is 0 Å². The fourth-order valence-corrected chi connectivity index (χ4v) is 4.23. The lowest BCUT2D eigenvalue weighted by Crippen LogP contribution is -2.31. The highest BCUT2D eigenvalue weighted by molar-refractivity contribution is 7.15. The van der Waals surface area contributed by atoms with E-state index in [-0.39, 0.29) is 0 Å². The Hall–Kier alpha value is -2.33. The van der Waals surface area contributed by atoms with Crippen molar-refractivity contribution >= 4 is 18.5 Å². The SMILES string of the molecule is CC(C)C(c1ccccc1)c1ccccc1.CP.CP.c1ccc2c(c1)C[n+]1ccccc1-2. The fourth-order valence-electron chi connectivity index (χ4n) is 4.23. The minimum absolute atomic E-state index is 0.502. The number of hydrogen-bond donors (Lipinski definition) is 0. The average molecular weight is 475 g/mol. The second kappa shape index (κ2) is 14.7. The summed E-state index contributed by atoms with van der Waals surface area (Å²) in [5.74, 6) is 1.12. The van der Waals surface area contributed by atoms with Crippen molar-refractivity contribution in [2.45, 2.75) is 26.3 Å². The van der Waals surface area contributed by atoms with E-state index in [1.54, 1.807) is 0 Å². The van der Waals surface area contributed by atoms with Crippen LogP contribution in [0.2, 0.25) is 0 Å². The van der Waals surface area contributed by atoms with Gasteiger partial charge in [0.2, 0.25) is 5.69 Å². The van der Waals surface area contributed by atoms with Crippen molar-refractivity contribution in [1.82, 2.24) is 0 Å². The fraction of sp³-hybridized carbons (Fsp3) is 0.233. The Kier molecular flexibility index (Phi) is 12.0. The molecule has 0 spiro atoms. The molecule has 1 aliphatic heterocycles. The van der Waals surface area contributed by atoms with Crippen LogP contribution in [0.5, 0.6) is 0 Å². The van der Waals surface area contributed by atoms with Gasteiger partial charge in [0.15, 0.2) is 12.7 Å². The van der Waals surface area contributed by atoms with Crippen molar-refractivity contribution in [2.24, 2.45) is 5.92 Å². The number of nitrogens with zero attached hydrogens (tertiary/aromatic N) is 1. The Labute approximate surface area is 205 Å². The average Bonchev–Trinajstić information content (AvgIpc) is 3.27. The molecule has 2 unspecified atom stereocenters. The smallest absolute Gasteiger partial charge is 0.194 e. The molecule has 0 bridgehead atoms. The van der Waals surface area contributed by atoms with Gasteiger partial charge in [-0.1, -0.05) is 106 Å². The van der Waals surface area contributed by atoms with Gasteiger partial charge in [0.1, 0.15) is 0 Å². The van der Waals surface area contributed by atoms with Crippen LogP contribution >= 0.6 is 18.5 Å². The Bertz CT molecular complexity index is 980. The molecule has 0 aliphatic carbocycles. The summed E-state index contributed by atoms with van der Waals surface area (Å²) in [6.45, 7) is 9.42. The van der Waals surface area contributed by atoms with Crippen molar-refractivity contribution in [1.29, 1.82) is 0 Å². The molecule has 4 aromatic rings. The van der Waals surface area contributed by atoms with E-state index in [0.29, 0.717) is 11.8 Å². The minimum Gasteiger partial charge on any atom is -0.194 e. The Morgan fingerprint density at radius 3 is 1.64 bits per heavy atom. The molecule has 0 N–H and O–H groups in total. The minimum atomic E-state index is 0.502. The van der Waals surface area contributed by atoms with Crippen molar-refractivity contribution in [2.75, 3.05) is 13.3 Å². The van der Waals surface area contributed by atoms with Crippen LogP contribution in [0.1, 0.15) is 36.5 Å². The summed E-state index contributed by atoms with van der Waals surface area (Å²) in [4.78, 5) is 0. The summed E-state index contributed by atoms with van der Waals surface area (Å²) < 4.78 is 2.28. The van der Waals surface area contributed by atoms with Gasteiger partial charge in [-0.15, -0.1) is 18.5 Å². The highest BCUT2D eigenvalue weighted by Crippen LogP contribution is 2.31. The number of fused-ring (bicyclic) bond motifs is 3. The number of rotatable bonds is 3. The van der Waals surface area contributed by atoms with E-state index in [2.05, 4.69) is 146 Å². The summed E-state index contributed by atoms with van der Waals surface area (Å²) in [6, 6.07) is 36.4. The van der Waals surface area contributed by atoms with E-state index in [1.807, 2.05) is 13.3 Å². The molecule has 3 heteroatoms. The normalized spacial score (nSPS) is 10.5. The van der Waals surface area contributed by atoms with Gasteiger partial charge in [-0.3, -0.25) is 0 Å². The third-order valence-electron chi connectivity index (χ3n) is 5.56. The van der Waals surface area contributed by atoms with E-state index >= 15 is 0 Å². The van der Waals surface area contributed by atoms with Gasteiger partial charge in [-0.05, 0) is 29.2 Å². The lowest BCUT2D eigenvalue weighted by Gasteiger charge is -2.21. The highest BCUT2D eigenvalue weighted by Gasteiger charge is 2.23. The zero-order valence-corrected chi connectivity index (χ0v) is 22.7. The van der Waals surface area contributed by atoms with Crippen LogP contribution < -0.4 is 4.57 Å². The maximum absolute atomic E-state index is 2.42. The largest absolute Gasteiger partial charge is 0.213 e. The maximum Gasteiger partial charge on any atom is 0.213 e. The first-order valence-electron chi connectivity index (χ1n) is 11.6.